The second-order valence-electron chi connectivity index (χ2n) is 7.51. The first-order chi connectivity index (χ1) is 12.1. The van der Waals surface area contributed by atoms with E-state index in [0.717, 1.165) is 5.56 Å². The number of halogens is 1. The number of anilines is 2. The summed E-state index contributed by atoms with van der Waals surface area (Å²) in [7, 11) is 0. The first-order valence-corrected chi connectivity index (χ1v) is 8.39. The molecular formula is C20H21FN2O3. The van der Waals surface area contributed by atoms with E-state index in [1.165, 1.54) is 24.3 Å². The molecule has 3 N–H and O–H groups in total. The van der Waals surface area contributed by atoms with Crippen LogP contribution in [0.25, 0.3) is 0 Å². The average Bonchev–Trinajstić information content (AvgIpc) is 2.54. The van der Waals surface area contributed by atoms with Gasteiger partial charge in [0.25, 0.3) is 0 Å². The maximum absolute atomic E-state index is 13.4. The molecule has 1 aliphatic rings. The predicted octanol–water partition coefficient (Wildman–Crippen LogP) is 3.89. The van der Waals surface area contributed by atoms with Crippen molar-refractivity contribution in [2.45, 2.75) is 38.5 Å². The summed E-state index contributed by atoms with van der Waals surface area (Å²) in [6.07, 6.45) is -0.0375. The third kappa shape index (κ3) is 3.54. The molecule has 0 saturated heterocycles. The average molecular weight is 356 g/mol. The maximum Gasteiger partial charge on any atom is 0.232 e. The molecule has 0 radical (unpaired) electrons. The number of fused-ring (bicyclic) bond motifs is 1. The lowest BCUT2D eigenvalue weighted by molar-refractivity contribution is -0.123. The highest BCUT2D eigenvalue weighted by Crippen LogP contribution is 2.35. The Balaban J connectivity index is 1.91. The van der Waals surface area contributed by atoms with Gasteiger partial charge in [0.2, 0.25) is 11.8 Å². The number of phenols is 1. The van der Waals surface area contributed by atoms with Gasteiger partial charge < -0.3 is 15.7 Å². The van der Waals surface area contributed by atoms with Crippen molar-refractivity contribution >= 4 is 23.2 Å². The lowest BCUT2D eigenvalue weighted by Gasteiger charge is -2.25. The topological polar surface area (TPSA) is 78.4 Å². The van der Waals surface area contributed by atoms with Crippen LogP contribution in [0.4, 0.5) is 15.8 Å². The Morgan fingerprint density at radius 2 is 1.96 bits per heavy atom. The number of nitrogens with one attached hydrogen (secondary N) is 2. The zero-order valence-corrected chi connectivity index (χ0v) is 14.9. The van der Waals surface area contributed by atoms with E-state index < -0.39 is 17.6 Å². The number of rotatable bonds is 2. The van der Waals surface area contributed by atoms with Crippen molar-refractivity contribution in [2.75, 3.05) is 10.6 Å². The van der Waals surface area contributed by atoms with Gasteiger partial charge in [-0.15, -0.1) is 0 Å². The van der Waals surface area contributed by atoms with Crippen LogP contribution in [0, 0.1) is 5.82 Å². The van der Waals surface area contributed by atoms with Crippen LogP contribution in [0.2, 0.25) is 0 Å². The Morgan fingerprint density at radius 3 is 2.65 bits per heavy atom. The molecule has 26 heavy (non-hydrogen) atoms. The summed E-state index contributed by atoms with van der Waals surface area (Å²) in [4.78, 5) is 24.7. The summed E-state index contributed by atoms with van der Waals surface area (Å²) in [6, 6.07) is 9.02. The van der Waals surface area contributed by atoms with Crippen molar-refractivity contribution in [2.24, 2.45) is 0 Å². The van der Waals surface area contributed by atoms with Crippen molar-refractivity contribution in [3.63, 3.8) is 0 Å². The summed E-state index contributed by atoms with van der Waals surface area (Å²) < 4.78 is 13.4. The van der Waals surface area contributed by atoms with Gasteiger partial charge in [0.05, 0.1) is 11.6 Å². The van der Waals surface area contributed by atoms with Crippen LogP contribution in [0.5, 0.6) is 5.75 Å². The fraction of sp³-hybridized carbons (Fsp3) is 0.300. The molecule has 1 heterocycles. The first kappa shape index (κ1) is 17.9. The number of hydrogen-bond acceptors (Lipinski definition) is 3. The highest BCUT2D eigenvalue weighted by molar-refractivity contribution is 6.05. The van der Waals surface area contributed by atoms with Gasteiger partial charge >= 0.3 is 0 Å². The Kier molecular flexibility index (Phi) is 4.44. The van der Waals surface area contributed by atoms with Gasteiger partial charge in [0, 0.05) is 12.1 Å². The fourth-order valence-corrected chi connectivity index (χ4v) is 2.99. The van der Waals surface area contributed by atoms with Crippen LogP contribution in [0.3, 0.4) is 0 Å². The Hall–Kier alpha value is -2.89. The lowest BCUT2D eigenvalue weighted by atomic mass is 9.86. The number of amides is 2. The summed E-state index contributed by atoms with van der Waals surface area (Å²) in [5, 5.41) is 15.4. The molecule has 1 unspecified atom stereocenters. The second kappa shape index (κ2) is 6.44. The van der Waals surface area contributed by atoms with Crippen molar-refractivity contribution in [1.29, 1.82) is 0 Å². The SMILES string of the molecule is CC(C)(C)c1ccc(O)c(NC(=O)C2CC(=O)Nc3cc(F)ccc32)c1. The van der Waals surface area contributed by atoms with E-state index in [9.17, 15) is 19.1 Å². The molecule has 3 rings (SSSR count). The molecule has 2 aromatic carbocycles. The molecule has 2 aromatic rings. The molecule has 5 nitrogen and oxygen atoms in total. The Bertz CT molecular complexity index is 887. The molecule has 136 valence electrons. The lowest BCUT2D eigenvalue weighted by Crippen LogP contribution is -2.31. The standard InChI is InChI=1S/C20H21FN2O3/c1-20(2,3)11-4-7-17(24)16(8-11)23-19(26)14-10-18(25)22-15-9-12(21)5-6-13(14)15/h4-9,14,24H,10H2,1-3H3,(H,22,25)(H,23,26). The minimum absolute atomic E-state index is 0.0375. The highest BCUT2D eigenvalue weighted by atomic mass is 19.1. The van der Waals surface area contributed by atoms with Gasteiger partial charge in [-0.05, 0) is 40.8 Å². The van der Waals surface area contributed by atoms with Gasteiger partial charge in [-0.3, -0.25) is 9.59 Å². The van der Waals surface area contributed by atoms with Crippen LogP contribution in [0.1, 0.15) is 44.2 Å². The van der Waals surface area contributed by atoms with Crippen LogP contribution >= 0.6 is 0 Å². The quantitative estimate of drug-likeness (QED) is 0.714. The second-order valence-corrected chi connectivity index (χ2v) is 7.51. The van der Waals surface area contributed by atoms with E-state index in [4.69, 9.17) is 0 Å². The Morgan fingerprint density at radius 1 is 1.23 bits per heavy atom. The van der Waals surface area contributed by atoms with Crippen LogP contribution in [-0.4, -0.2) is 16.9 Å². The van der Waals surface area contributed by atoms with E-state index in [0.29, 0.717) is 11.3 Å². The fourth-order valence-electron chi connectivity index (χ4n) is 2.99. The summed E-state index contributed by atoms with van der Waals surface area (Å²) in [5.74, 6) is -2.06. The van der Waals surface area contributed by atoms with Gasteiger partial charge in [0.15, 0.2) is 0 Å². The molecule has 0 spiro atoms. The van der Waals surface area contributed by atoms with Crippen LogP contribution < -0.4 is 10.6 Å². The van der Waals surface area contributed by atoms with Crippen LogP contribution in [0.15, 0.2) is 36.4 Å². The van der Waals surface area contributed by atoms with E-state index in [-0.39, 0.29) is 29.2 Å². The van der Waals surface area contributed by atoms with Crippen molar-refractivity contribution in [3.05, 3.63) is 53.3 Å². The zero-order chi connectivity index (χ0) is 19.1. The molecule has 0 bridgehead atoms. The zero-order valence-electron chi connectivity index (χ0n) is 14.9. The normalized spacial score (nSPS) is 16.6. The number of carbonyl (C=O) groups excluding carboxylic acids is 2. The van der Waals surface area contributed by atoms with E-state index in [2.05, 4.69) is 10.6 Å². The summed E-state index contributed by atoms with van der Waals surface area (Å²) in [6.45, 7) is 6.09. The van der Waals surface area contributed by atoms with Crippen molar-refractivity contribution in [3.8, 4) is 5.75 Å². The van der Waals surface area contributed by atoms with E-state index in [1.807, 2.05) is 20.8 Å². The maximum atomic E-state index is 13.4. The summed E-state index contributed by atoms with van der Waals surface area (Å²) in [5.41, 5.74) is 1.94. The minimum atomic E-state index is -0.753. The van der Waals surface area contributed by atoms with Crippen LogP contribution in [-0.2, 0) is 15.0 Å². The smallest absolute Gasteiger partial charge is 0.232 e. The largest absolute Gasteiger partial charge is 0.506 e. The van der Waals surface area contributed by atoms with Gasteiger partial charge in [-0.1, -0.05) is 32.9 Å². The molecule has 2 amide bonds. The molecule has 1 aliphatic heterocycles. The number of carbonyl (C=O) groups is 2. The molecule has 0 saturated carbocycles. The van der Waals surface area contributed by atoms with Gasteiger partial charge in [-0.25, -0.2) is 4.39 Å². The molecule has 0 fully saturated rings. The van der Waals surface area contributed by atoms with Gasteiger partial charge in [0.1, 0.15) is 11.6 Å². The number of hydrogen-bond donors (Lipinski definition) is 3. The van der Waals surface area contributed by atoms with E-state index >= 15 is 0 Å². The molecule has 6 heteroatoms. The third-order valence-corrected chi connectivity index (χ3v) is 4.49. The van der Waals surface area contributed by atoms with Crippen molar-refractivity contribution < 1.29 is 19.1 Å². The van der Waals surface area contributed by atoms with Crippen molar-refractivity contribution in [1.82, 2.24) is 0 Å². The number of benzene rings is 2. The minimum Gasteiger partial charge on any atom is -0.506 e. The third-order valence-electron chi connectivity index (χ3n) is 4.49. The first-order valence-electron chi connectivity index (χ1n) is 8.39. The molecule has 1 atom stereocenters. The number of phenolic OH excluding ortho intramolecular Hbond substituents is 1. The highest BCUT2D eigenvalue weighted by Gasteiger charge is 2.31. The molecular weight excluding hydrogens is 335 g/mol. The summed E-state index contributed by atoms with van der Waals surface area (Å²) >= 11 is 0. The monoisotopic (exact) mass is 356 g/mol. The van der Waals surface area contributed by atoms with E-state index in [1.54, 1.807) is 12.1 Å². The molecule has 0 aliphatic carbocycles. The predicted molar refractivity (Wildman–Crippen MR) is 97.8 cm³/mol. The number of aromatic hydroxyl groups is 1. The van der Waals surface area contributed by atoms with Gasteiger partial charge in [-0.2, -0.15) is 0 Å². The molecule has 0 aromatic heterocycles. The Labute approximate surface area is 151 Å².